The Kier molecular flexibility index (Phi) is 3.42. The van der Waals surface area contributed by atoms with E-state index in [9.17, 15) is 4.79 Å². The summed E-state index contributed by atoms with van der Waals surface area (Å²) in [5.74, 6) is -0.176. The smallest absolute Gasteiger partial charge is 0.129 e. The van der Waals surface area contributed by atoms with Crippen LogP contribution in [-0.2, 0) is 11.3 Å². The van der Waals surface area contributed by atoms with Gasteiger partial charge in [0.1, 0.15) is 11.3 Å². The van der Waals surface area contributed by atoms with Gasteiger partial charge in [0.05, 0.1) is 18.2 Å². The van der Waals surface area contributed by atoms with Crippen LogP contribution in [0, 0.1) is 0 Å². The Labute approximate surface area is 79.0 Å². The second-order valence-electron chi connectivity index (χ2n) is 2.49. The standard InChI is InChI=1S/C7H8N4OS/c1-5(3-12)7-10-6(4-13-7)2-9-11-8/h3-5H,2H2,1H3. The molecule has 1 unspecified atom stereocenters. The van der Waals surface area contributed by atoms with Crippen LogP contribution in [0.2, 0.25) is 0 Å². The fourth-order valence-electron chi connectivity index (χ4n) is 0.767. The maximum atomic E-state index is 10.4. The summed E-state index contributed by atoms with van der Waals surface area (Å²) in [4.78, 5) is 17.2. The van der Waals surface area contributed by atoms with E-state index in [0.717, 1.165) is 11.3 Å². The van der Waals surface area contributed by atoms with Gasteiger partial charge in [0.25, 0.3) is 0 Å². The molecule has 0 spiro atoms. The first-order valence-electron chi connectivity index (χ1n) is 3.68. The first-order valence-corrected chi connectivity index (χ1v) is 4.56. The molecule has 1 atom stereocenters. The molecule has 0 saturated carbocycles. The lowest BCUT2D eigenvalue weighted by atomic mass is 10.2. The van der Waals surface area contributed by atoms with E-state index in [2.05, 4.69) is 15.0 Å². The summed E-state index contributed by atoms with van der Waals surface area (Å²) in [5.41, 5.74) is 8.78. The molecule has 5 nitrogen and oxygen atoms in total. The summed E-state index contributed by atoms with van der Waals surface area (Å²) in [5, 5.41) is 5.93. The Hall–Kier alpha value is -1.39. The molecule has 6 heteroatoms. The molecule has 0 aliphatic carbocycles. The summed E-state index contributed by atoms with van der Waals surface area (Å²) in [6.07, 6.45) is 0.843. The fourth-order valence-corrected chi connectivity index (χ4v) is 1.59. The number of aldehydes is 1. The third-order valence-corrected chi connectivity index (χ3v) is 2.55. The number of hydrogen-bond acceptors (Lipinski definition) is 4. The van der Waals surface area contributed by atoms with Crippen molar-refractivity contribution in [1.29, 1.82) is 0 Å². The zero-order valence-corrected chi connectivity index (χ0v) is 7.86. The van der Waals surface area contributed by atoms with Crippen LogP contribution in [0.5, 0.6) is 0 Å². The predicted octanol–water partition coefficient (Wildman–Crippen LogP) is 2.26. The highest BCUT2D eigenvalue weighted by molar-refractivity contribution is 7.09. The monoisotopic (exact) mass is 196 g/mol. The van der Waals surface area contributed by atoms with E-state index in [1.165, 1.54) is 11.3 Å². The molecule has 68 valence electrons. The van der Waals surface area contributed by atoms with Crippen LogP contribution < -0.4 is 0 Å². The molecule has 0 N–H and O–H groups in total. The molecule has 0 aromatic carbocycles. The minimum Gasteiger partial charge on any atom is -0.303 e. The van der Waals surface area contributed by atoms with Crippen LogP contribution in [-0.4, -0.2) is 11.3 Å². The van der Waals surface area contributed by atoms with Gasteiger partial charge in [-0.3, -0.25) is 0 Å². The fraction of sp³-hybridized carbons (Fsp3) is 0.429. The maximum absolute atomic E-state index is 10.4. The molecule has 1 heterocycles. The molecule has 13 heavy (non-hydrogen) atoms. The maximum Gasteiger partial charge on any atom is 0.129 e. The van der Waals surface area contributed by atoms with Gasteiger partial charge >= 0.3 is 0 Å². The van der Waals surface area contributed by atoms with Gasteiger partial charge in [0.15, 0.2) is 0 Å². The zero-order valence-electron chi connectivity index (χ0n) is 7.04. The Balaban J connectivity index is 2.73. The van der Waals surface area contributed by atoms with E-state index in [-0.39, 0.29) is 12.5 Å². The second kappa shape index (κ2) is 4.59. The van der Waals surface area contributed by atoms with Crippen molar-refractivity contribution in [2.24, 2.45) is 5.11 Å². The van der Waals surface area contributed by atoms with E-state index >= 15 is 0 Å². The third kappa shape index (κ3) is 2.54. The molecule has 1 aromatic rings. The van der Waals surface area contributed by atoms with Gasteiger partial charge in [0, 0.05) is 10.3 Å². The molecule has 0 aliphatic heterocycles. The number of rotatable bonds is 4. The molecule has 0 amide bonds. The van der Waals surface area contributed by atoms with E-state index in [4.69, 9.17) is 5.53 Å². The van der Waals surface area contributed by atoms with Crippen molar-refractivity contribution in [2.75, 3.05) is 0 Å². The molecule has 0 fully saturated rings. The number of hydrogen-bond donors (Lipinski definition) is 0. The van der Waals surface area contributed by atoms with Crippen LogP contribution in [0.1, 0.15) is 23.5 Å². The number of nitrogens with zero attached hydrogens (tertiary/aromatic N) is 4. The topological polar surface area (TPSA) is 78.7 Å². The Morgan fingerprint density at radius 1 is 1.92 bits per heavy atom. The molecular weight excluding hydrogens is 188 g/mol. The predicted molar refractivity (Wildman–Crippen MR) is 49.4 cm³/mol. The lowest BCUT2D eigenvalue weighted by Crippen LogP contribution is -1.93. The number of thiazole rings is 1. The number of azide groups is 1. The second-order valence-corrected chi connectivity index (χ2v) is 3.38. The van der Waals surface area contributed by atoms with Crippen LogP contribution in [0.3, 0.4) is 0 Å². The van der Waals surface area contributed by atoms with E-state index in [1.807, 2.05) is 0 Å². The van der Waals surface area contributed by atoms with Gasteiger partial charge in [-0.15, -0.1) is 11.3 Å². The van der Waals surface area contributed by atoms with E-state index in [1.54, 1.807) is 12.3 Å². The summed E-state index contributed by atoms with van der Waals surface area (Å²) >= 11 is 1.41. The lowest BCUT2D eigenvalue weighted by Gasteiger charge is -1.94. The highest BCUT2D eigenvalue weighted by Gasteiger charge is 2.08. The molecule has 0 radical (unpaired) electrons. The average Bonchev–Trinajstić information content (AvgIpc) is 2.62. The Bertz CT molecular complexity index is 342. The van der Waals surface area contributed by atoms with E-state index in [0.29, 0.717) is 5.69 Å². The summed E-state index contributed by atoms with van der Waals surface area (Å²) < 4.78 is 0. The molecule has 0 saturated heterocycles. The number of carbonyl (C=O) groups excluding carboxylic acids is 1. The number of carbonyl (C=O) groups is 1. The van der Waals surface area contributed by atoms with Crippen molar-refractivity contribution >= 4 is 17.6 Å². The average molecular weight is 196 g/mol. The quantitative estimate of drug-likeness (QED) is 0.320. The van der Waals surface area contributed by atoms with Gasteiger partial charge in [-0.25, -0.2) is 4.98 Å². The van der Waals surface area contributed by atoms with Gasteiger partial charge in [0.2, 0.25) is 0 Å². The normalized spacial score (nSPS) is 11.8. The summed E-state index contributed by atoms with van der Waals surface area (Å²) in [6, 6.07) is 0. The largest absolute Gasteiger partial charge is 0.303 e. The lowest BCUT2D eigenvalue weighted by molar-refractivity contribution is -0.108. The van der Waals surface area contributed by atoms with Crippen molar-refractivity contribution in [3.63, 3.8) is 0 Å². The van der Waals surface area contributed by atoms with Crippen molar-refractivity contribution in [2.45, 2.75) is 19.4 Å². The molecule has 1 rings (SSSR count). The van der Waals surface area contributed by atoms with Crippen LogP contribution in [0.25, 0.3) is 10.4 Å². The Morgan fingerprint density at radius 3 is 3.31 bits per heavy atom. The minimum absolute atomic E-state index is 0.176. The van der Waals surface area contributed by atoms with Gasteiger partial charge < -0.3 is 4.79 Å². The van der Waals surface area contributed by atoms with Crippen molar-refractivity contribution in [1.82, 2.24) is 4.98 Å². The minimum atomic E-state index is -0.176. The zero-order chi connectivity index (χ0) is 9.68. The summed E-state index contributed by atoms with van der Waals surface area (Å²) in [7, 11) is 0. The SMILES string of the molecule is CC(C=O)c1nc(CN=[N+]=[N-])cs1. The van der Waals surface area contributed by atoms with Gasteiger partial charge in [-0.2, -0.15) is 0 Å². The van der Waals surface area contributed by atoms with Crippen molar-refractivity contribution in [3.05, 3.63) is 26.5 Å². The summed E-state index contributed by atoms with van der Waals surface area (Å²) in [6.45, 7) is 2.03. The molecule has 1 aromatic heterocycles. The highest BCUT2D eigenvalue weighted by atomic mass is 32.1. The van der Waals surface area contributed by atoms with Gasteiger partial charge in [-0.05, 0) is 12.5 Å². The molecular formula is C7H8N4OS. The third-order valence-electron chi connectivity index (χ3n) is 1.46. The van der Waals surface area contributed by atoms with Gasteiger partial charge in [-0.1, -0.05) is 5.11 Å². The van der Waals surface area contributed by atoms with Crippen molar-refractivity contribution < 1.29 is 4.79 Å². The highest BCUT2D eigenvalue weighted by Crippen LogP contribution is 2.18. The molecule has 0 bridgehead atoms. The van der Waals surface area contributed by atoms with Crippen LogP contribution in [0.15, 0.2) is 10.5 Å². The van der Waals surface area contributed by atoms with Crippen molar-refractivity contribution in [3.8, 4) is 0 Å². The van der Waals surface area contributed by atoms with Crippen LogP contribution >= 0.6 is 11.3 Å². The van der Waals surface area contributed by atoms with E-state index < -0.39 is 0 Å². The van der Waals surface area contributed by atoms with Crippen LogP contribution in [0.4, 0.5) is 0 Å². The first kappa shape index (κ1) is 9.70. The molecule has 0 aliphatic rings. The number of aromatic nitrogens is 1. The first-order chi connectivity index (χ1) is 6.27. The Morgan fingerprint density at radius 2 is 2.69 bits per heavy atom.